The van der Waals surface area contributed by atoms with E-state index < -0.39 is 5.25 Å². The molecule has 1 aliphatic rings. The van der Waals surface area contributed by atoms with Crippen molar-refractivity contribution in [1.29, 1.82) is 0 Å². The Hall–Kier alpha value is -3.00. The predicted octanol–water partition coefficient (Wildman–Crippen LogP) is 3.95. The standard InChI is InChI=1S/C22H25N5O2S/c1-4-15-6-10-17(11-7-15)23-21(28)20-19(16-8-12-18(13-9-16)29-5-2)26-27-14(3)24-25-22(27)30-20/h6-13,19-20,26H,4-5H2,1-3H3,(H,23,28). The van der Waals surface area contributed by atoms with Crippen LogP contribution in [0.25, 0.3) is 0 Å². The van der Waals surface area contributed by atoms with Gasteiger partial charge in [-0.25, -0.2) is 4.68 Å². The number of ether oxygens (including phenoxy) is 1. The van der Waals surface area contributed by atoms with Crippen LogP contribution in [0.1, 0.15) is 36.8 Å². The summed E-state index contributed by atoms with van der Waals surface area (Å²) in [5.74, 6) is 1.48. The van der Waals surface area contributed by atoms with Crippen LogP contribution in [0.4, 0.5) is 5.69 Å². The molecule has 2 atom stereocenters. The summed E-state index contributed by atoms with van der Waals surface area (Å²) in [5, 5.41) is 11.7. The van der Waals surface area contributed by atoms with Crippen LogP contribution in [0.2, 0.25) is 0 Å². The van der Waals surface area contributed by atoms with E-state index in [1.165, 1.54) is 17.3 Å². The first-order valence-electron chi connectivity index (χ1n) is 10.1. The zero-order chi connectivity index (χ0) is 21.1. The molecule has 0 saturated carbocycles. The van der Waals surface area contributed by atoms with Gasteiger partial charge < -0.3 is 15.5 Å². The fourth-order valence-corrected chi connectivity index (χ4v) is 4.51. The van der Waals surface area contributed by atoms with Crippen LogP contribution >= 0.6 is 11.8 Å². The minimum atomic E-state index is -0.412. The number of carbonyl (C=O) groups is 1. The van der Waals surface area contributed by atoms with E-state index in [1.54, 1.807) is 0 Å². The van der Waals surface area contributed by atoms with Gasteiger partial charge in [0.05, 0.1) is 12.6 Å². The summed E-state index contributed by atoms with van der Waals surface area (Å²) in [6.45, 7) is 6.56. The fourth-order valence-electron chi connectivity index (χ4n) is 3.39. The van der Waals surface area contributed by atoms with Crippen molar-refractivity contribution in [3.8, 4) is 5.75 Å². The first kappa shape index (κ1) is 20.3. The predicted molar refractivity (Wildman–Crippen MR) is 119 cm³/mol. The molecule has 0 fully saturated rings. The Morgan fingerprint density at radius 2 is 1.87 bits per heavy atom. The normalized spacial score (nSPS) is 17.7. The van der Waals surface area contributed by atoms with E-state index in [2.05, 4.69) is 27.9 Å². The molecule has 30 heavy (non-hydrogen) atoms. The molecule has 0 radical (unpaired) electrons. The number of fused-ring (bicyclic) bond motifs is 1. The van der Waals surface area contributed by atoms with Crippen molar-refractivity contribution in [1.82, 2.24) is 14.9 Å². The molecule has 0 aliphatic carbocycles. The molecule has 1 aliphatic heterocycles. The highest BCUT2D eigenvalue weighted by Crippen LogP contribution is 2.37. The van der Waals surface area contributed by atoms with Crippen LogP contribution in [-0.2, 0) is 11.2 Å². The van der Waals surface area contributed by atoms with Gasteiger partial charge in [-0.3, -0.25) is 4.79 Å². The van der Waals surface area contributed by atoms with E-state index in [0.29, 0.717) is 11.8 Å². The Kier molecular flexibility index (Phi) is 5.94. The first-order valence-corrected chi connectivity index (χ1v) is 10.9. The second kappa shape index (κ2) is 8.79. The second-order valence-electron chi connectivity index (χ2n) is 7.05. The monoisotopic (exact) mass is 423 g/mol. The number of nitrogens with one attached hydrogen (secondary N) is 2. The topological polar surface area (TPSA) is 81.1 Å². The Labute approximate surface area is 180 Å². The molecule has 0 saturated heterocycles. The second-order valence-corrected chi connectivity index (χ2v) is 8.16. The van der Waals surface area contributed by atoms with Gasteiger partial charge in [0.15, 0.2) is 0 Å². The molecule has 8 heteroatoms. The molecule has 0 bridgehead atoms. The highest BCUT2D eigenvalue weighted by Gasteiger charge is 2.37. The SMILES string of the molecule is CCOc1ccc(C2Nn3c(C)nnc3SC2C(=O)Nc2ccc(CC)cc2)cc1. The van der Waals surface area contributed by atoms with Crippen LogP contribution in [0, 0.1) is 6.92 Å². The van der Waals surface area contributed by atoms with E-state index in [0.717, 1.165) is 29.2 Å². The molecular formula is C22H25N5O2S. The molecule has 7 nitrogen and oxygen atoms in total. The molecule has 3 aromatic rings. The molecule has 2 heterocycles. The quantitative estimate of drug-likeness (QED) is 0.625. The number of benzene rings is 2. The van der Waals surface area contributed by atoms with Crippen molar-refractivity contribution in [3.05, 3.63) is 65.5 Å². The van der Waals surface area contributed by atoms with Crippen molar-refractivity contribution in [2.45, 2.75) is 43.6 Å². The minimum Gasteiger partial charge on any atom is -0.494 e. The smallest absolute Gasteiger partial charge is 0.240 e. The van der Waals surface area contributed by atoms with E-state index in [4.69, 9.17) is 4.74 Å². The van der Waals surface area contributed by atoms with Gasteiger partial charge in [-0.05, 0) is 55.7 Å². The highest BCUT2D eigenvalue weighted by molar-refractivity contribution is 8.00. The number of anilines is 1. The lowest BCUT2D eigenvalue weighted by Gasteiger charge is -2.32. The maximum atomic E-state index is 13.2. The number of nitrogens with zero attached hydrogens (tertiary/aromatic N) is 3. The summed E-state index contributed by atoms with van der Waals surface area (Å²) in [6.07, 6.45) is 0.964. The van der Waals surface area contributed by atoms with Crippen molar-refractivity contribution < 1.29 is 9.53 Å². The summed E-state index contributed by atoms with van der Waals surface area (Å²) in [7, 11) is 0. The Bertz CT molecular complexity index is 1020. The maximum absolute atomic E-state index is 13.2. The Morgan fingerprint density at radius 3 is 2.53 bits per heavy atom. The zero-order valence-electron chi connectivity index (χ0n) is 17.3. The van der Waals surface area contributed by atoms with Crippen LogP contribution < -0.4 is 15.5 Å². The molecule has 2 aromatic carbocycles. The first-order chi connectivity index (χ1) is 14.6. The third-order valence-electron chi connectivity index (χ3n) is 5.04. The molecule has 2 unspecified atom stereocenters. The van der Waals surface area contributed by atoms with Crippen LogP contribution in [0.3, 0.4) is 0 Å². The van der Waals surface area contributed by atoms with E-state index >= 15 is 0 Å². The Morgan fingerprint density at radius 1 is 1.13 bits per heavy atom. The summed E-state index contributed by atoms with van der Waals surface area (Å²) < 4.78 is 7.39. The average Bonchev–Trinajstić information content (AvgIpc) is 3.14. The molecule has 1 aromatic heterocycles. The van der Waals surface area contributed by atoms with Gasteiger partial charge in [0.1, 0.15) is 16.8 Å². The van der Waals surface area contributed by atoms with Crippen molar-refractivity contribution in [2.75, 3.05) is 17.3 Å². The number of hydrogen-bond acceptors (Lipinski definition) is 6. The molecule has 0 spiro atoms. The molecular weight excluding hydrogens is 398 g/mol. The van der Waals surface area contributed by atoms with Gasteiger partial charge in [0.25, 0.3) is 0 Å². The lowest BCUT2D eigenvalue weighted by Crippen LogP contribution is -2.41. The third-order valence-corrected chi connectivity index (χ3v) is 6.25. The molecule has 2 N–H and O–H groups in total. The Balaban J connectivity index is 1.61. The van der Waals surface area contributed by atoms with Gasteiger partial charge in [-0.15, -0.1) is 10.2 Å². The van der Waals surface area contributed by atoms with E-state index in [9.17, 15) is 4.79 Å². The van der Waals surface area contributed by atoms with E-state index in [1.807, 2.05) is 67.1 Å². The zero-order valence-corrected chi connectivity index (χ0v) is 18.1. The molecule has 156 valence electrons. The van der Waals surface area contributed by atoms with Gasteiger partial charge in [-0.2, -0.15) is 0 Å². The van der Waals surface area contributed by atoms with E-state index in [-0.39, 0.29) is 11.9 Å². The largest absolute Gasteiger partial charge is 0.494 e. The summed E-state index contributed by atoms with van der Waals surface area (Å²) in [6, 6.07) is 15.5. The van der Waals surface area contributed by atoms with Gasteiger partial charge in [0, 0.05) is 5.69 Å². The summed E-state index contributed by atoms with van der Waals surface area (Å²) in [4.78, 5) is 13.2. The fraction of sp³-hybridized carbons (Fsp3) is 0.318. The van der Waals surface area contributed by atoms with Gasteiger partial charge in [-0.1, -0.05) is 43.0 Å². The summed E-state index contributed by atoms with van der Waals surface area (Å²) >= 11 is 1.41. The van der Waals surface area contributed by atoms with Gasteiger partial charge in [0.2, 0.25) is 11.1 Å². The lowest BCUT2D eigenvalue weighted by atomic mass is 10.0. The van der Waals surface area contributed by atoms with Crippen molar-refractivity contribution in [3.63, 3.8) is 0 Å². The van der Waals surface area contributed by atoms with Crippen molar-refractivity contribution in [2.24, 2.45) is 0 Å². The number of amides is 1. The molecule has 4 rings (SSSR count). The van der Waals surface area contributed by atoms with Crippen LogP contribution in [0.15, 0.2) is 53.7 Å². The minimum absolute atomic E-state index is 0.0810. The number of carbonyl (C=O) groups excluding carboxylic acids is 1. The number of hydrogen-bond donors (Lipinski definition) is 2. The van der Waals surface area contributed by atoms with Crippen LogP contribution in [0.5, 0.6) is 5.75 Å². The highest BCUT2D eigenvalue weighted by atomic mass is 32.2. The maximum Gasteiger partial charge on any atom is 0.240 e. The summed E-state index contributed by atoms with van der Waals surface area (Å²) in [5.41, 5.74) is 6.43. The lowest BCUT2D eigenvalue weighted by molar-refractivity contribution is -0.116. The van der Waals surface area contributed by atoms with Crippen LogP contribution in [-0.4, -0.2) is 32.6 Å². The number of aryl methyl sites for hydroxylation is 2. The average molecular weight is 424 g/mol. The number of rotatable bonds is 6. The molecule has 1 amide bonds. The van der Waals surface area contributed by atoms with Crippen molar-refractivity contribution >= 4 is 23.4 Å². The number of aromatic nitrogens is 3. The van der Waals surface area contributed by atoms with Gasteiger partial charge >= 0.3 is 0 Å². The third kappa shape index (κ3) is 4.14. The number of thioether (sulfide) groups is 1.